The Labute approximate surface area is 188 Å². The van der Waals surface area contributed by atoms with Crippen LogP contribution in [0.3, 0.4) is 0 Å². The topological polar surface area (TPSA) is 50.4 Å². The van der Waals surface area contributed by atoms with Gasteiger partial charge < -0.3 is 15.4 Å². The summed E-state index contributed by atoms with van der Waals surface area (Å²) in [5.74, 6) is 0.631. The third-order valence-corrected chi connectivity index (χ3v) is 5.74. The summed E-state index contributed by atoms with van der Waals surface area (Å²) >= 11 is 11.1. The second-order valence-corrected chi connectivity index (χ2v) is 8.51. The lowest BCUT2D eigenvalue weighted by molar-refractivity contribution is 0.250. The molecule has 150 valence electrons. The molecule has 2 N–H and O–H groups in total. The maximum Gasteiger partial charge on any atom is 0.319 e. The maximum atomic E-state index is 12.2. The van der Waals surface area contributed by atoms with E-state index < -0.39 is 0 Å². The SMILES string of the molecule is O=C(NCCCOc1ccc(Br)cc1Cl)Nc1ccccc1Sc1ccccc1. The molecule has 0 aliphatic rings. The summed E-state index contributed by atoms with van der Waals surface area (Å²) in [6.07, 6.45) is 0.667. The number of nitrogens with one attached hydrogen (secondary N) is 2. The standard InChI is InChI=1S/C22H20BrClN2O2S/c23-16-11-12-20(18(24)15-16)28-14-6-13-25-22(27)26-19-9-4-5-10-21(19)29-17-7-2-1-3-8-17/h1-5,7-12,15H,6,13-14H2,(H2,25,26,27). The molecule has 7 heteroatoms. The van der Waals surface area contributed by atoms with E-state index in [4.69, 9.17) is 16.3 Å². The van der Waals surface area contributed by atoms with E-state index in [1.165, 1.54) is 0 Å². The van der Waals surface area contributed by atoms with Crippen LogP contribution in [-0.2, 0) is 0 Å². The first-order valence-electron chi connectivity index (χ1n) is 9.06. The third kappa shape index (κ3) is 6.99. The van der Waals surface area contributed by atoms with Gasteiger partial charge in [0.2, 0.25) is 0 Å². The van der Waals surface area contributed by atoms with E-state index in [0.717, 1.165) is 20.0 Å². The molecule has 2 amide bonds. The number of hydrogen-bond donors (Lipinski definition) is 2. The number of rotatable bonds is 8. The van der Waals surface area contributed by atoms with E-state index in [9.17, 15) is 4.79 Å². The Kier molecular flexibility index (Phi) is 8.28. The molecular weight excluding hydrogens is 472 g/mol. The summed E-state index contributed by atoms with van der Waals surface area (Å²) < 4.78 is 6.55. The van der Waals surface area contributed by atoms with E-state index in [1.54, 1.807) is 17.8 Å². The first-order chi connectivity index (χ1) is 14.1. The molecule has 3 rings (SSSR count). The Balaban J connectivity index is 1.44. The molecule has 0 aliphatic heterocycles. The van der Waals surface area contributed by atoms with Gasteiger partial charge in [0.05, 0.1) is 17.3 Å². The van der Waals surface area contributed by atoms with Crippen molar-refractivity contribution in [3.8, 4) is 5.75 Å². The van der Waals surface area contributed by atoms with E-state index in [2.05, 4.69) is 26.6 Å². The highest BCUT2D eigenvalue weighted by molar-refractivity contribution is 9.10. The van der Waals surface area contributed by atoms with Gasteiger partial charge in [0.1, 0.15) is 5.75 Å². The Morgan fingerprint density at radius 1 is 1.03 bits per heavy atom. The molecule has 0 unspecified atom stereocenters. The van der Waals surface area contributed by atoms with Gasteiger partial charge in [-0.1, -0.05) is 69.6 Å². The van der Waals surface area contributed by atoms with Crippen molar-refractivity contribution in [3.05, 3.63) is 82.3 Å². The molecule has 0 aliphatic carbocycles. The van der Waals surface area contributed by atoms with Crippen molar-refractivity contribution >= 4 is 51.0 Å². The summed E-state index contributed by atoms with van der Waals surface area (Å²) in [6, 6.07) is 23.0. The van der Waals surface area contributed by atoms with Gasteiger partial charge in [-0.15, -0.1) is 0 Å². The largest absolute Gasteiger partial charge is 0.492 e. The molecule has 29 heavy (non-hydrogen) atoms. The number of carbonyl (C=O) groups excluding carboxylic acids is 1. The number of hydrogen-bond acceptors (Lipinski definition) is 3. The van der Waals surface area contributed by atoms with Crippen molar-refractivity contribution in [2.75, 3.05) is 18.5 Å². The summed E-state index contributed by atoms with van der Waals surface area (Å²) in [5, 5.41) is 6.32. The molecule has 0 saturated heterocycles. The van der Waals surface area contributed by atoms with Crippen LogP contribution in [0.5, 0.6) is 5.75 Å². The molecule has 3 aromatic carbocycles. The van der Waals surface area contributed by atoms with Crippen LogP contribution < -0.4 is 15.4 Å². The first kappa shape index (κ1) is 21.6. The van der Waals surface area contributed by atoms with Crippen molar-refractivity contribution < 1.29 is 9.53 Å². The normalized spacial score (nSPS) is 10.4. The molecule has 0 aromatic heterocycles. The second-order valence-electron chi connectivity index (χ2n) is 6.07. The molecule has 0 fully saturated rings. The van der Waals surface area contributed by atoms with Crippen LogP contribution in [-0.4, -0.2) is 19.2 Å². The van der Waals surface area contributed by atoms with Gasteiger partial charge in [-0.3, -0.25) is 0 Å². The average molecular weight is 492 g/mol. The summed E-state index contributed by atoms with van der Waals surface area (Å²) in [6.45, 7) is 0.954. The molecule has 0 saturated carbocycles. The van der Waals surface area contributed by atoms with E-state index in [-0.39, 0.29) is 6.03 Å². The fourth-order valence-electron chi connectivity index (χ4n) is 2.49. The van der Waals surface area contributed by atoms with Crippen molar-refractivity contribution in [2.45, 2.75) is 16.2 Å². The van der Waals surface area contributed by atoms with Crippen LogP contribution >= 0.6 is 39.3 Å². The molecule has 0 bridgehead atoms. The minimum absolute atomic E-state index is 0.243. The number of carbonyl (C=O) groups is 1. The first-order valence-corrected chi connectivity index (χ1v) is 11.1. The quantitative estimate of drug-likeness (QED) is 0.339. The predicted octanol–water partition coefficient (Wildman–Crippen LogP) is 6.84. The van der Waals surface area contributed by atoms with Gasteiger partial charge in [-0.05, 0) is 48.9 Å². The zero-order valence-corrected chi connectivity index (χ0v) is 18.7. The zero-order valence-electron chi connectivity index (χ0n) is 15.5. The van der Waals surface area contributed by atoms with Gasteiger partial charge >= 0.3 is 6.03 Å². The number of anilines is 1. The lowest BCUT2D eigenvalue weighted by Gasteiger charge is -2.12. The van der Waals surface area contributed by atoms with E-state index >= 15 is 0 Å². The summed E-state index contributed by atoms with van der Waals surface area (Å²) in [5.41, 5.74) is 0.775. The Morgan fingerprint density at radius 3 is 2.59 bits per heavy atom. The van der Waals surface area contributed by atoms with Gasteiger partial charge in [0.15, 0.2) is 0 Å². The van der Waals surface area contributed by atoms with Crippen molar-refractivity contribution in [1.29, 1.82) is 0 Å². The highest BCUT2D eigenvalue weighted by Gasteiger charge is 2.08. The van der Waals surface area contributed by atoms with Crippen LogP contribution in [0.1, 0.15) is 6.42 Å². The van der Waals surface area contributed by atoms with Crippen molar-refractivity contribution in [1.82, 2.24) is 5.32 Å². The molecular formula is C22H20BrClN2O2S. The maximum absolute atomic E-state index is 12.2. The summed E-state index contributed by atoms with van der Waals surface area (Å²) in [7, 11) is 0. The Hall–Kier alpha value is -2.15. The van der Waals surface area contributed by atoms with Crippen LogP contribution in [0.4, 0.5) is 10.5 Å². The lowest BCUT2D eigenvalue weighted by atomic mass is 10.3. The Bertz CT molecular complexity index is 957. The van der Waals surface area contributed by atoms with E-state index in [1.807, 2.05) is 66.7 Å². The van der Waals surface area contributed by atoms with Crippen LogP contribution in [0.25, 0.3) is 0 Å². The fourth-order valence-corrected chi connectivity index (χ4v) is 4.14. The van der Waals surface area contributed by atoms with Crippen LogP contribution in [0.2, 0.25) is 5.02 Å². The van der Waals surface area contributed by atoms with Gasteiger partial charge in [0, 0.05) is 20.8 Å². The number of urea groups is 1. The van der Waals surface area contributed by atoms with E-state index in [0.29, 0.717) is 30.3 Å². The molecule has 4 nitrogen and oxygen atoms in total. The highest BCUT2D eigenvalue weighted by Crippen LogP contribution is 2.33. The highest BCUT2D eigenvalue weighted by atomic mass is 79.9. The minimum atomic E-state index is -0.243. The van der Waals surface area contributed by atoms with Crippen molar-refractivity contribution in [3.63, 3.8) is 0 Å². The van der Waals surface area contributed by atoms with Gasteiger partial charge in [-0.2, -0.15) is 0 Å². The number of para-hydroxylation sites is 1. The number of amides is 2. The monoisotopic (exact) mass is 490 g/mol. The lowest BCUT2D eigenvalue weighted by Crippen LogP contribution is -2.30. The Morgan fingerprint density at radius 2 is 1.79 bits per heavy atom. The molecule has 0 radical (unpaired) electrons. The minimum Gasteiger partial charge on any atom is -0.492 e. The van der Waals surface area contributed by atoms with Crippen LogP contribution in [0.15, 0.2) is 87.1 Å². The van der Waals surface area contributed by atoms with Gasteiger partial charge in [0.25, 0.3) is 0 Å². The predicted molar refractivity (Wildman–Crippen MR) is 123 cm³/mol. The van der Waals surface area contributed by atoms with Crippen LogP contribution in [0, 0.1) is 0 Å². The molecule has 0 atom stereocenters. The molecule has 0 heterocycles. The molecule has 3 aromatic rings. The zero-order chi connectivity index (χ0) is 20.5. The fraction of sp³-hybridized carbons (Fsp3) is 0.136. The number of benzene rings is 3. The van der Waals surface area contributed by atoms with Crippen molar-refractivity contribution in [2.24, 2.45) is 0 Å². The average Bonchev–Trinajstić information content (AvgIpc) is 2.71. The molecule has 0 spiro atoms. The smallest absolute Gasteiger partial charge is 0.319 e. The summed E-state index contributed by atoms with van der Waals surface area (Å²) in [4.78, 5) is 14.3. The van der Waals surface area contributed by atoms with Gasteiger partial charge in [-0.25, -0.2) is 4.79 Å². The number of halogens is 2. The second kappa shape index (κ2) is 11.1. The number of ether oxygens (including phenoxy) is 1. The third-order valence-electron chi connectivity index (χ3n) is 3.86.